The molecular formula is C36H44N6O5. The number of methoxy groups -OCH3 is 1. The van der Waals surface area contributed by atoms with E-state index in [-0.39, 0.29) is 23.5 Å². The summed E-state index contributed by atoms with van der Waals surface area (Å²) in [6.07, 6.45) is 3.06. The van der Waals surface area contributed by atoms with E-state index in [4.69, 9.17) is 9.47 Å². The lowest BCUT2D eigenvalue weighted by Gasteiger charge is -2.32. The van der Waals surface area contributed by atoms with Crippen LogP contribution in [-0.4, -0.2) is 91.5 Å². The summed E-state index contributed by atoms with van der Waals surface area (Å²) in [4.78, 5) is 52.8. The second-order valence-corrected chi connectivity index (χ2v) is 12.1. The molecule has 4 aromatic rings. The number of nitrogens with one attached hydrogen (secondary N) is 2. The average molecular weight is 641 g/mol. The second-order valence-electron chi connectivity index (χ2n) is 12.1. The average Bonchev–Trinajstić information content (AvgIpc) is 3.46. The Labute approximate surface area is 275 Å². The number of anilines is 2. The Morgan fingerprint density at radius 3 is 2.51 bits per heavy atom. The summed E-state index contributed by atoms with van der Waals surface area (Å²) >= 11 is 0. The first-order chi connectivity index (χ1) is 22.6. The van der Waals surface area contributed by atoms with Crippen molar-refractivity contribution in [2.24, 2.45) is 0 Å². The third-order valence-corrected chi connectivity index (χ3v) is 8.50. The molecule has 1 fully saturated rings. The van der Waals surface area contributed by atoms with E-state index in [2.05, 4.69) is 27.2 Å². The van der Waals surface area contributed by atoms with E-state index < -0.39 is 0 Å². The van der Waals surface area contributed by atoms with Gasteiger partial charge in [-0.15, -0.1) is 0 Å². The van der Waals surface area contributed by atoms with Gasteiger partial charge < -0.3 is 34.5 Å². The van der Waals surface area contributed by atoms with Crippen LogP contribution >= 0.6 is 0 Å². The van der Waals surface area contributed by atoms with Crippen LogP contribution in [0.25, 0.3) is 11.0 Å². The van der Waals surface area contributed by atoms with Gasteiger partial charge in [-0.05, 0) is 88.2 Å². The number of hydrogen-bond donors (Lipinski definition) is 2. The molecule has 1 saturated heterocycles. The third kappa shape index (κ3) is 8.10. The number of nitrogens with zero attached hydrogens (tertiary/aromatic N) is 4. The highest BCUT2D eigenvalue weighted by Crippen LogP contribution is 2.31. The molecule has 5 rings (SSSR count). The van der Waals surface area contributed by atoms with E-state index >= 15 is 0 Å². The Morgan fingerprint density at radius 1 is 0.957 bits per heavy atom. The van der Waals surface area contributed by atoms with Crippen molar-refractivity contribution in [3.8, 4) is 11.5 Å². The lowest BCUT2D eigenvalue weighted by atomic mass is 10.1. The highest BCUT2D eigenvalue weighted by Gasteiger charge is 2.22. The highest BCUT2D eigenvalue weighted by molar-refractivity contribution is 6.11. The van der Waals surface area contributed by atoms with E-state index in [9.17, 15) is 14.4 Å². The number of aromatic nitrogens is 2. The summed E-state index contributed by atoms with van der Waals surface area (Å²) in [6.45, 7) is 7.77. The zero-order valence-corrected chi connectivity index (χ0v) is 27.9. The standard InChI is InChI=1S/C36H44N6O5/c1-24-13-16-30(32(22-24)47-21-8-6-7-12-33(43)42-19-17-40(3)18-20-42)41(4)36(45)26-14-15-27(31(23-26)46-5)35(44)39-29-11-9-10-28-34(29)38-25(2)37-28/h9-11,13-16,22-23H,6-8,12,17-21H2,1-5H3,(H,37,38)(H,39,44). The van der Waals surface area contributed by atoms with Gasteiger partial charge in [-0.25, -0.2) is 4.98 Å². The molecule has 2 N–H and O–H groups in total. The summed E-state index contributed by atoms with van der Waals surface area (Å²) in [5, 5.41) is 2.92. The van der Waals surface area contributed by atoms with Crippen LogP contribution in [0.4, 0.5) is 11.4 Å². The molecule has 0 saturated carbocycles. The van der Waals surface area contributed by atoms with Gasteiger partial charge in [0, 0.05) is 45.2 Å². The number of carbonyl (C=O) groups is 3. The maximum atomic E-state index is 13.7. The largest absolute Gasteiger partial charge is 0.496 e. The third-order valence-electron chi connectivity index (χ3n) is 8.50. The molecule has 1 aromatic heterocycles. The Kier molecular flexibility index (Phi) is 10.8. The molecule has 11 heteroatoms. The van der Waals surface area contributed by atoms with Crippen molar-refractivity contribution in [2.45, 2.75) is 39.5 Å². The number of imidazole rings is 1. The smallest absolute Gasteiger partial charge is 0.259 e. The number of fused-ring (bicyclic) bond motifs is 1. The molecule has 0 spiro atoms. The highest BCUT2D eigenvalue weighted by atomic mass is 16.5. The fourth-order valence-electron chi connectivity index (χ4n) is 5.73. The predicted molar refractivity (Wildman–Crippen MR) is 184 cm³/mol. The molecular weight excluding hydrogens is 596 g/mol. The molecule has 1 aliphatic heterocycles. The van der Waals surface area contributed by atoms with Crippen LogP contribution in [0.5, 0.6) is 11.5 Å². The molecule has 0 aliphatic carbocycles. The first kappa shape index (κ1) is 33.5. The minimum Gasteiger partial charge on any atom is -0.496 e. The number of aryl methyl sites for hydroxylation is 2. The van der Waals surface area contributed by atoms with E-state index in [1.165, 1.54) is 7.11 Å². The molecule has 2 heterocycles. The molecule has 3 aromatic carbocycles. The quantitative estimate of drug-likeness (QED) is 0.198. The van der Waals surface area contributed by atoms with Gasteiger partial charge in [-0.3, -0.25) is 14.4 Å². The number of rotatable bonds is 12. The van der Waals surface area contributed by atoms with Crippen molar-refractivity contribution in [1.82, 2.24) is 19.8 Å². The number of likely N-dealkylation sites (N-methyl/N-ethyl adjacent to an activating group) is 1. The first-order valence-corrected chi connectivity index (χ1v) is 16.1. The van der Waals surface area contributed by atoms with Crippen LogP contribution in [0.15, 0.2) is 54.6 Å². The number of benzene rings is 3. The number of H-pyrrole nitrogens is 1. The fraction of sp³-hybridized carbons (Fsp3) is 0.389. The maximum Gasteiger partial charge on any atom is 0.259 e. The lowest BCUT2D eigenvalue weighted by Crippen LogP contribution is -2.47. The number of ether oxygens (including phenoxy) is 2. The van der Waals surface area contributed by atoms with E-state index in [1.807, 2.05) is 49.1 Å². The number of amides is 3. The SMILES string of the molecule is COc1cc(C(=O)N(C)c2ccc(C)cc2OCCCCCC(=O)N2CCN(C)CC2)ccc1C(=O)Nc1cccc2[nH]c(C)nc12. The second kappa shape index (κ2) is 15.1. The van der Waals surface area contributed by atoms with Crippen molar-refractivity contribution in [1.29, 1.82) is 0 Å². The number of unbranched alkanes of at least 4 members (excludes halogenated alkanes) is 2. The van der Waals surface area contributed by atoms with Crippen molar-refractivity contribution in [3.05, 3.63) is 77.1 Å². The minimum absolute atomic E-state index is 0.229. The fourth-order valence-corrected chi connectivity index (χ4v) is 5.73. The van der Waals surface area contributed by atoms with E-state index in [0.29, 0.717) is 46.8 Å². The molecule has 0 atom stereocenters. The van der Waals surface area contributed by atoms with E-state index in [0.717, 1.165) is 62.3 Å². The number of piperazine rings is 1. The van der Waals surface area contributed by atoms with Crippen molar-refractivity contribution >= 4 is 40.1 Å². The molecule has 0 bridgehead atoms. The summed E-state index contributed by atoms with van der Waals surface area (Å²) < 4.78 is 11.7. The molecule has 47 heavy (non-hydrogen) atoms. The number of aromatic amines is 1. The summed E-state index contributed by atoms with van der Waals surface area (Å²) in [7, 11) is 5.25. The van der Waals surface area contributed by atoms with Crippen molar-refractivity contribution in [3.63, 3.8) is 0 Å². The molecule has 1 aliphatic rings. The molecule has 248 valence electrons. The Bertz CT molecular complexity index is 1740. The van der Waals surface area contributed by atoms with E-state index in [1.54, 1.807) is 36.2 Å². The number of carbonyl (C=O) groups excluding carboxylic acids is 3. The minimum atomic E-state index is -0.375. The predicted octanol–water partition coefficient (Wildman–Crippen LogP) is 5.43. The van der Waals surface area contributed by atoms with Gasteiger partial charge in [0.25, 0.3) is 11.8 Å². The normalized spacial score (nSPS) is 13.4. The van der Waals surface area contributed by atoms with Gasteiger partial charge in [-0.2, -0.15) is 0 Å². The Balaban J connectivity index is 1.19. The Hall–Kier alpha value is -4.90. The van der Waals surface area contributed by atoms with Crippen LogP contribution < -0.4 is 19.7 Å². The van der Waals surface area contributed by atoms with Crippen molar-refractivity contribution < 1.29 is 23.9 Å². The van der Waals surface area contributed by atoms with Crippen LogP contribution in [0.3, 0.4) is 0 Å². The van der Waals surface area contributed by atoms with Gasteiger partial charge in [-0.1, -0.05) is 12.1 Å². The van der Waals surface area contributed by atoms with Gasteiger partial charge in [0.2, 0.25) is 5.91 Å². The summed E-state index contributed by atoms with van der Waals surface area (Å²) in [5.41, 5.74) is 4.36. The zero-order valence-electron chi connectivity index (χ0n) is 27.9. The van der Waals surface area contributed by atoms with Crippen LogP contribution in [-0.2, 0) is 4.79 Å². The lowest BCUT2D eigenvalue weighted by molar-refractivity contribution is -0.132. The van der Waals surface area contributed by atoms with Crippen LogP contribution in [0.2, 0.25) is 0 Å². The molecule has 3 amide bonds. The maximum absolute atomic E-state index is 13.7. The van der Waals surface area contributed by atoms with Crippen LogP contribution in [0, 0.1) is 13.8 Å². The molecule has 0 unspecified atom stereocenters. The summed E-state index contributed by atoms with van der Waals surface area (Å²) in [5.74, 6) is 1.22. The number of hydrogen-bond acceptors (Lipinski definition) is 7. The van der Waals surface area contributed by atoms with Gasteiger partial charge >= 0.3 is 0 Å². The van der Waals surface area contributed by atoms with Gasteiger partial charge in [0.05, 0.1) is 36.2 Å². The monoisotopic (exact) mass is 640 g/mol. The molecule has 0 radical (unpaired) electrons. The van der Waals surface area contributed by atoms with Crippen LogP contribution in [0.1, 0.15) is 57.8 Å². The first-order valence-electron chi connectivity index (χ1n) is 16.1. The Morgan fingerprint density at radius 2 is 1.74 bits per heavy atom. The van der Waals surface area contributed by atoms with Gasteiger partial charge in [0.15, 0.2) is 0 Å². The van der Waals surface area contributed by atoms with Crippen molar-refractivity contribution in [2.75, 3.05) is 64.2 Å². The van der Waals surface area contributed by atoms with Gasteiger partial charge in [0.1, 0.15) is 22.8 Å². The molecule has 11 nitrogen and oxygen atoms in total. The zero-order chi connectivity index (χ0) is 33.5. The number of para-hydroxylation sites is 1. The summed E-state index contributed by atoms with van der Waals surface area (Å²) in [6, 6.07) is 16.0. The topological polar surface area (TPSA) is 120 Å².